The van der Waals surface area contributed by atoms with Crippen LogP contribution >= 0.6 is 11.6 Å². The largest absolute Gasteiger partial charge is 0.416 e. The number of hydrogen-bond acceptors (Lipinski definition) is 1. The second kappa shape index (κ2) is 5.77. The summed E-state index contributed by atoms with van der Waals surface area (Å²) in [6, 6.07) is -0.583. The average Bonchev–Trinajstić information content (AvgIpc) is 2.27. The molecule has 1 nitrogen and oxygen atoms in total. The minimum atomic E-state index is -4.93. The van der Waals surface area contributed by atoms with Crippen molar-refractivity contribution in [1.29, 1.82) is 0 Å². The van der Waals surface area contributed by atoms with E-state index in [1.807, 2.05) is 0 Å². The van der Waals surface area contributed by atoms with E-state index in [2.05, 4.69) is 0 Å². The standard InChI is InChI=1S/C11H9ClF7N/c12-6-2-1-5(11(17,18)19)8(9(6)13)7(20)3-4-10(14,15)16/h1-2,7H,3-4,20H2/t7-/m0/s1. The van der Waals surface area contributed by atoms with Crippen LogP contribution in [-0.2, 0) is 6.18 Å². The first kappa shape index (κ1) is 17.0. The molecule has 1 rings (SSSR count). The minimum absolute atomic E-state index is 0.494. The fourth-order valence-corrected chi connectivity index (χ4v) is 1.80. The number of benzene rings is 1. The third-order valence-electron chi connectivity index (χ3n) is 2.55. The smallest absolute Gasteiger partial charge is 0.324 e. The van der Waals surface area contributed by atoms with Gasteiger partial charge >= 0.3 is 12.4 Å². The van der Waals surface area contributed by atoms with Gasteiger partial charge in [-0.1, -0.05) is 11.6 Å². The van der Waals surface area contributed by atoms with Crippen LogP contribution in [0, 0.1) is 5.82 Å². The van der Waals surface area contributed by atoms with Gasteiger partial charge in [0, 0.05) is 18.0 Å². The summed E-state index contributed by atoms with van der Waals surface area (Å²) in [7, 11) is 0. The number of nitrogens with two attached hydrogens (primary N) is 1. The second-order valence-corrected chi connectivity index (χ2v) is 4.49. The Kier molecular flexibility index (Phi) is 4.91. The van der Waals surface area contributed by atoms with Gasteiger partial charge in [-0.25, -0.2) is 4.39 Å². The van der Waals surface area contributed by atoms with Gasteiger partial charge < -0.3 is 5.73 Å². The molecule has 0 fully saturated rings. The molecule has 1 aromatic carbocycles. The molecule has 0 saturated carbocycles. The summed E-state index contributed by atoms with van der Waals surface area (Å²) in [6.07, 6.45) is -11.8. The number of alkyl halides is 6. The van der Waals surface area contributed by atoms with E-state index in [1.54, 1.807) is 0 Å². The lowest BCUT2D eigenvalue weighted by Gasteiger charge is -2.20. The lowest BCUT2D eigenvalue weighted by Crippen LogP contribution is -2.21. The normalized spacial score (nSPS) is 14.4. The maximum Gasteiger partial charge on any atom is 0.416 e. The van der Waals surface area contributed by atoms with Crippen molar-refractivity contribution in [3.8, 4) is 0 Å². The van der Waals surface area contributed by atoms with E-state index in [0.29, 0.717) is 12.1 Å². The van der Waals surface area contributed by atoms with E-state index in [-0.39, 0.29) is 0 Å². The highest BCUT2D eigenvalue weighted by molar-refractivity contribution is 6.30. The van der Waals surface area contributed by atoms with Gasteiger partial charge in [0.05, 0.1) is 10.6 Å². The van der Waals surface area contributed by atoms with E-state index in [4.69, 9.17) is 17.3 Å². The van der Waals surface area contributed by atoms with Gasteiger partial charge in [0.2, 0.25) is 0 Å². The Hall–Kier alpha value is -1.02. The van der Waals surface area contributed by atoms with E-state index in [1.165, 1.54) is 0 Å². The molecule has 0 aromatic heterocycles. The predicted molar refractivity (Wildman–Crippen MR) is 58.6 cm³/mol. The van der Waals surface area contributed by atoms with Crippen LogP contribution in [0.3, 0.4) is 0 Å². The Labute approximate surface area is 114 Å². The summed E-state index contributed by atoms with van der Waals surface area (Å²) < 4.78 is 87.9. The molecular formula is C11H9ClF7N. The Bertz CT molecular complexity index is 481. The van der Waals surface area contributed by atoms with E-state index < -0.39 is 53.2 Å². The summed E-state index contributed by atoms with van der Waals surface area (Å²) in [4.78, 5) is 0. The number of rotatable bonds is 3. The molecule has 20 heavy (non-hydrogen) atoms. The summed E-state index contributed by atoms with van der Waals surface area (Å²) in [5, 5.41) is -0.629. The molecule has 0 heterocycles. The van der Waals surface area contributed by atoms with Crippen LogP contribution in [0.1, 0.15) is 30.0 Å². The maximum absolute atomic E-state index is 13.7. The van der Waals surface area contributed by atoms with Crippen molar-refractivity contribution >= 4 is 11.6 Å². The summed E-state index contributed by atoms with van der Waals surface area (Å²) in [5.74, 6) is -1.45. The van der Waals surface area contributed by atoms with E-state index >= 15 is 0 Å². The van der Waals surface area contributed by atoms with Gasteiger partial charge in [0.15, 0.2) is 0 Å². The van der Waals surface area contributed by atoms with Gasteiger partial charge in [0.25, 0.3) is 0 Å². The zero-order chi connectivity index (χ0) is 15.7. The van der Waals surface area contributed by atoms with Crippen LogP contribution in [0.5, 0.6) is 0 Å². The quantitative estimate of drug-likeness (QED) is 0.791. The third-order valence-corrected chi connectivity index (χ3v) is 2.84. The van der Waals surface area contributed by atoms with Crippen LogP contribution in [0.25, 0.3) is 0 Å². The fourth-order valence-electron chi connectivity index (χ4n) is 1.64. The highest BCUT2D eigenvalue weighted by atomic mass is 35.5. The highest BCUT2D eigenvalue weighted by Gasteiger charge is 2.38. The van der Waals surface area contributed by atoms with Crippen molar-refractivity contribution in [2.75, 3.05) is 0 Å². The average molecular weight is 324 g/mol. The molecule has 2 N–H and O–H groups in total. The summed E-state index contributed by atoms with van der Waals surface area (Å²) >= 11 is 5.35. The predicted octanol–water partition coefficient (Wildman–Crippen LogP) is 4.84. The molecule has 114 valence electrons. The Morgan fingerprint density at radius 3 is 2.10 bits per heavy atom. The SMILES string of the molecule is N[C@@H](CCC(F)(F)F)c1c(C(F)(F)F)ccc(Cl)c1F. The zero-order valence-electron chi connectivity index (χ0n) is 9.75. The van der Waals surface area contributed by atoms with Crippen LogP contribution in [0.2, 0.25) is 5.02 Å². The van der Waals surface area contributed by atoms with Crippen molar-refractivity contribution in [2.24, 2.45) is 5.73 Å². The lowest BCUT2D eigenvalue weighted by atomic mass is 9.96. The first-order valence-electron chi connectivity index (χ1n) is 5.31. The van der Waals surface area contributed by atoms with Crippen molar-refractivity contribution in [3.05, 3.63) is 34.1 Å². The van der Waals surface area contributed by atoms with Crippen LogP contribution in [-0.4, -0.2) is 6.18 Å². The van der Waals surface area contributed by atoms with Crippen molar-refractivity contribution < 1.29 is 30.7 Å². The van der Waals surface area contributed by atoms with Crippen LogP contribution in [0.15, 0.2) is 12.1 Å². The van der Waals surface area contributed by atoms with Gasteiger partial charge in [-0.05, 0) is 18.6 Å². The van der Waals surface area contributed by atoms with Gasteiger partial charge in [-0.3, -0.25) is 0 Å². The molecule has 0 aliphatic carbocycles. The molecule has 0 spiro atoms. The molecule has 0 radical (unpaired) electrons. The molecule has 1 aromatic rings. The molecule has 0 saturated heterocycles. The lowest BCUT2D eigenvalue weighted by molar-refractivity contribution is -0.139. The van der Waals surface area contributed by atoms with Crippen molar-refractivity contribution in [3.63, 3.8) is 0 Å². The highest BCUT2D eigenvalue weighted by Crippen LogP contribution is 2.39. The Morgan fingerprint density at radius 2 is 1.65 bits per heavy atom. The number of hydrogen-bond donors (Lipinski definition) is 1. The number of halogens is 8. The molecule has 9 heteroatoms. The Balaban J connectivity index is 3.18. The van der Waals surface area contributed by atoms with Crippen molar-refractivity contribution in [1.82, 2.24) is 0 Å². The minimum Gasteiger partial charge on any atom is -0.324 e. The molecule has 0 amide bonds. The molecule has 0 unspecified atom stereocenters. The van der Waals surface area contributed by atoms with Crippen LogP contribution < -0.4 is 5.73 Å². The topological polar surface area (TPSA) is 26.0 Å². The molecular weight excluding hydrogens is 315 g/mol. The fraction of sp³-hybridized carbons (Fsp3) is 0.455. The van der Waals surface area contributed by atoms with Crippen LogP contribution in [0.4, 0.5) is 30.7 Å². The molecule has 1 atom stereocenters. The molecule has 0 bridgehead atoms. The Morgan fingerprint density at radius 1 is 1.10 bits per heavy atom. The van der Waals surface area contributed by atoms with Gasteiger partial charge in [-0.2, -0.15) is 26.3 Å². The van der Waals surface area contributed by atoms with Gasteiger partial charge in [0.1, 0.15) is 5.82 Å². The molecule has 0 aliphatic rings. The third kappa shape index (κ3) is 4.24. The zero-order valence-corrected chi connectivity index (χ0v) is 10.5. The summed E-state index contributed by atoms with van der Waals surface area (Å²) in [6.45, 7) is 0. The van der Waals surface area contributed by atoms with E-state index in [0.717, 1.165) is 0 Å². The first-order valence-corrected chi connectivity index (χ1v) is 5.68. The monoisotopic (exact) mass is 323 g/mol. The molecule has 0 aliphatic heterocycles. The van der Waals surface area contributed by atoms with Gasteiger partial charge in [-0.15, -0.1) is 0 Å². The van der Waals surface area contributed by atoms with Crippen molar-refractivity contribution in [2.45, 2.75) is 31.2 Å². The summed E-state index contributed by atoms with van der Waals surface area (Å²) in [5.41, 5.74) is 2.80. The maximum atomic E-state index is 13.7. The second-order valence-electron chi connectivity index (χ2n) is 4.08. The first-order chi connectivity index (χ1) is 8.93. The van der Waals surface area contributed by atoms with E-state index in [9.17, 15) is 30.7 Å².